The first-order valence-corrected chi connectivity index (χ1v) is 6.48. The highest BCUT2D eigenvalue weighted by atomic mass is 16.5. The fourth-order valence-corrected chi connectivity index (χ4v) is 2.81. The first-order valence-electron chi connectivity index (χ1n) is 6.48. The Balaban J connectivity index is 2.45. The number of anilines is 1. The molecule has 0 saturated heterocycles. The molecular formula is C15H23NO. The van der Waals surface area contributed by atoms with Crippen molar-refractivity contribution in [1.82, 2.24) is 0 Å². The SMILES string of the molecule is CCC1(C)Nc2ccc(OC)cc2C(C)C1C. The van der Waals surface area contributed by atoms with Gasteiger partial charge in [0.25, 0.3) is 0 Å². The lowest BCUT2D eigenvalue weighted by atomic mass is 9.71. The van der Waals surface area contributed by atoms with Gasteiger partial charge in [0.1, 0.15) is 5.75 Å². The maximum Gasteiger partial charge on any atom is 0.119 e. The molecule has 1 aliphatic heterocycles. The summed E-state index contributed by atoms with van der Waals surface area (Å²) in [6.45, 7) is 9.23. The van der Waals surface area contributed by atoms with Crippen molar-refractivity contribution in [3.05, 3.63) is 23.8 Å². The summed E-state index contributed by atoms with van der Waals surface area (Å²) in [6.07, 6.45) is 1.14. The minimum Gasteiger partial charge on any atom is -0.497 e. The van der Waals surface area contributed by atoms with Crippen LogP contribution in [0, 0.1) is 5.92 Å². The van der Waals surface area contributed by atoms with Gasteiger partial charge in [-0.15, -0.1) is 0 Å². The molecule has 1 aromatic rings. The number of methoxy groups -OCH3 is 1. The van der Waals surface area contributed by atoms with Crippen LogP contribution in [0.1, 0.15) is 45.6 Å². The number of fused-ring (bicyclic) bond motifs is 1. The Hall–Kier alpha value is -1.18. The van der Waals surface area contributed by atoms with Gasteiger partial charge in [0, 0.05) is 11.2 Å². The van der Waals surface area contributed by atoms with Crippen molar-refractivity contribution in [2.45, 2.75) is 45.6 Å². The molecule has 1 aliphatic rings. The molecule has 2 nitrogen and oxygen atoms in total. The molecule has 0 aromatic heterocycles. The van der Waals surface area contributed by atoms with Crippen LogP contribution in [0.5, 0.6) is 5.75 Å². The molecule has 0 spiro atoms. The van der Waals surface area contributed by atoms with Crippen LogP contribution in [0.4, 0.5) is 5.69 Å². The first-order chi connectivity index (χ1) is 8.01. The molecule has 0 saturated carbocycles. The summed E-state index contributed by atoms with van der Waals surface area (Å²) in [4.78, 5) is 0. The zero-order chi connectivity index (χ0) is 12.6. The second kappa shape index (κ2) is 4.25. The quantitative estimate of drug-likeness (QED) is 0.832. The zero-order valence-electron chi connectivity index (χ0n) is 11.5. The molecule has 0 bridgehead atoms. The van der Waals surface area contributed by atoms with E-state index in [1.54, 1.807) is 7.11 Å². The molecule has 1 aromatic carbocycles. The van der Waals surface area contributed by atoms with Gasteiger partial charge in [0.15, 0.2) is 0 Å². The van der Waals surface area contributed by atoms with E-state index in [1.807, 2.05) is 6.07 Å². The Morgan fingerprint density at radius 3 is 2.65 bits per heavy atom. The number of hydrogen-bond acceptors (Lipinski definition) is 2. The van der Waals surface area contributed by atoms with E-state index in [2.05, 4.69) is 45.1 Å². The molecule has 1 heterocycles. The molecular weight excluding hydrogens is 210 g/mol. The van der Waals surface area contributed by atoms with Crippen LogP contribution in [0.25, 0.3) is 0 Å². The van der Waals surface area contributed by atoms with Crippen LogP contribution in [0.2, 0.25) is 0 Å². The third-order valence-electron chi connectivity index (χ3n) is 4.66. The lowest BCUT2D eigenvalue weighted by Crippen LogP contribution is -2.46. The molecule has 17 heavy (non-hydrogen) atoms. The van der Waals surface area contributed by atoms with Crippen molar-refractivity contribution in [2.75, 3.05) is 12.4 Å². The van der Waals surface area contributed by atoms with Crippen LogP contribution in [0.3, 0.4) is 0 Å². The third-order valence-corrected chi connectivity index (χ3v) is 4.66. The van der Waals surface area contributed by atoms with E-state index in [0.717, 1.165) is 12.2 Å². The average molecular weight is 233 g/mol. The van der Waals surface area contributed by atoms with E-state index in [1.165, 1.54) is 11.3 Å². The molecule has 0 amide bonds. The lowest BCUT2D eigenvalue weighted by molar-refractivity contribution is 0.283. The molecule has 94 valence electrons. The Labute approximate surface area is 104 Å². The van der Waals surface area contributed by atoms with Crippen molar-refractivity contribution in [3.8, 4) is 5.75 Å². The molecule has 1 N–H and O–H groups in total. The van der Waals surface area contributed by atoms with Crippen LogP contribution in [-0.4, -0.2) is 12.6 Å². The minimum atomic E-state index is 0.195. The van der Waals surface area contributed by atoms with E-state index in [4.69, 9.17) is 4.74 Å². The van der Waals surface area contributed by atoms with E-state index >= 15 is 0 Å². The van der Waals surface area contributed by atoms with E-state index in [9.17, 15) is 0 Å². The number of ether oxygens (including phenoxy) is 1. The predicted octanol–water partition coefficient (Wildman–Crippen LogP) is 4.03. The number of benzene rings is 1. The van der Waals surface area contributed by atoms with Gasteiger partial charge in [-0.2, -0.15) is 0 Å². The van der Waals surface area contributed by atoms with Crippen molar-refractivity contribution in [2.24, 2.45) is 5.92 Å². The molecule has 2 heteroatoms. The van der Waals surface area contributed by atoms with E-state index in [-0.39, 0.29) is 5.54 Å². The predicted molar refractivity (Wildman–Crippen MR) is 72.9 cm³/mol. The third kappa shape index (κ3) is 1.90. The van der Waals surface area contributed by atoms with Gasteiger partial charge >= 0.3 is 0 Å². The highest BCUT2D eigenvalue weighted by Crippen LogP contribution is 2.45. The number of hydrogen-bond donors (Lipinski definition) is 1. The fourth-order valence-electron chi connectivity index (χ4n) is 2.81. The highest BCUT2D eigenvalue weighted by molar-refractivity contribution is 5.59. The van der Waals surface area contributed by atoms with Gasteiger partial charge in [-0.1, -0.05) is 20.8 Å². The Bertz CT molecular complexity index is 415. The van der Waals surface area contributed by atoms with Crippen LogP contribution in [-0.2, 0) is 0 Å². The largest absolute Gasteiger partial charge is 0.497 e. The van der Waals surface area contributed by atoms with Crippen molar-refractivity contribution in [3.63, 3.8) is 0 Å². The molecule has 0 radical (unpaired) electrons. The summed E-state index contributed by atoms with van der Waals surface area (Å²) < 4.78 is 5.31. The smallest absolute Gasteiger partial charge is 0.119 e. The van der Waals surface area contributed by atoms with Gasteiger partial charge in [0.2, 0.25) is 0 Å². The zero-order valence-corrected chi connectivity index (χ0v) is 11.5. The van der Waals surface area contributed by atoms with E-state index in [0.29, 0.717) is 11.8 Å². The molecule has 3 unspecified atom stereocenters. The number of rotatable bonds is 2. The van der Waals surface area contributed by atoms with Gasteiger partial charge < -0.3 is 10.1 Å². The maximum absolute atomic E-state index is 5.31. The molecule has 2 rings (SSSR count). The van der Waals surface area contributed by atoms with Gasteiger partial charge in [-0.3, -0.25) is 0 Å². The summed E-state index contributed by atoms with van der Waals surface area (Å²) >= 11 is 0. The molecule has 3 atom stereocenters. The van der Waals surface area contributed by atoms with Crippen LogP contribution < -0.4 is 10.1 Å². The molecule has 0 aliphatic carbocycles. The summed E-state index contributed by atoms with van der Waals surface area (Å²) in [5.74, 6) is 2.13. The fraction of sp³-hybridized carbons (Fsp3) is 0.600. The Kier molecular flexibility index (Phi) is 3.07. The van der Waals surface area contributed by atoms with Gasteiger partial charge in [0.05, 0.1) is 7.11 Å². The first kappa shape index (κ1) is 12.3. The second-order valence-electron chi connectivity index (χ2n) is 5.43. The second-order valence-corrected chi connectivity index (χ2v) is 5.43. The highest BCUT2D eigenvalue weighted by Gasteiger charge is 2.38. The molecule has 0 fully saturated rings. The van der Waals surface area contributed by atoms with Gasteiger partial charge in [-0.25, -0.2) is 0 Å². The summed E-state index contributed by atoms with van der Waals surface area (Å²) in [5, 5.41) is 3.70. The van der Waals surface area contributed by atoms with Crippen molar-refractivity contribution >= 4 is 5.69 Å². The standard InChI is InChI=1S/C15H23NO/c1-6-15(4)11(3)10(2)13-9-12(17-5)7-8-14(13)16-15/h7-11,16H,6H2,1-5H3. The maximum atomic E-state index is 5.31. The monoisotopic (exact) mass is 233 g/mol. The average Bonchev–Trinajstić information content (AvgIpc) is 2.36. The summed E-state index contributed by atoms with van der Waals surface area (Å²) in [6, 6.07) is 6.34. The Morgan fingerprint density at radius 2 is 2.06 bits per heavy atom. The number of nitrogens with one attached hydrogen (secondary N) is 1. The van der Waals surface area contributed by atoms with E-state index < -0.39 is 0 Å². The van der Waals surface area contributed by atoms with Crippen LogP contribution >= 0.6 is 0 Å². The van der Waals surface area contributed by atoms with Gasteiger partial charge in [-0.05, 0) is 48.9 Å². The van der Waals surface area contributed by atoms with Crippen molar-refractivity contribution in [1.29, 1.82) is 0 Å². The van der Waals surface area contributed by atoms with Crippen molar-refractivity contribution < 1.29 is 4.74 Å². The minimum absolute atomic E-state index is 0.195. The summed E-state index contributed by atoms with van der Waals surface area (Å²) in [7, 11) is 1.72. The lowest BCUT2D eigenvalue weighted by Gasteiger charge is -2.45. The Morgan fingerprint density at radius 1 is 1.35 bits per heavy atom. The van der Waals surface area contributed by atoms with Crippen LogP contribution in [0.15, 0.2) is 18.2 Å². The normalized spacial score (nSPS) is 31.6. The summed E-state index contributed by atoms with van der Waals surface area (Å²) in [5.41, 5.74) is 2.84. The topological polar surface area (TPSA) is 21.3 Å².